The van der Waals surface area contributed by atoms with Gasteiger partial charge in [0.05, 0.1) is 0 Å². The summed E-state index contributed by atoms with van der Waals surface area (Å²) in [7, 11) is 0. The Morgan fingerprint density at radius 1 is 1.00 bits per heavy atom. The van der Waals surface area contributed by atoms with Crippen molar-refractivity contribution in [2.75, 3.05) is 36.0 Å². The van der Waals surface area contributed by atoms with Gasteiger partial charge in [-0.05, 0) is 43.2 Å². The Morgan fingerprint density at radius 2 is 1.67 bits per heavy atom. The second-order valence-corrected chi connectivity index (χ2v) is 6.43. The van der Waals surface area contributed by atoms with E-state index < -0.39 is 0 Å². The van der Waals surface area contributed by atoms with Crippen LogP contribution in [0.4, 0.5) is 11.5 Å². The van der Waals surface area contributed by atoms with Crippen LogP contribution in [-0.4, -0.2) is 42.1 Å². The molecule has 1 aromatic carbocycles. The Bertz CT molecular complexity index is 733. The van der Waals surface area contributed by atoms with Gasteiger partial charge in [0.1, 0.15) is 11.6 Å². The maximum Gasteiger partial charge on any atom is 0.248 e. The molecule has 2 aromatic rings. The molecule has 0 unspecified atom stereocenters. The second-order valence-electron chi connectivity index (χ2n) is 6.43. The molecule has 24 heavy (non-hydrogen) atoms. The number of benzene rings is 1. The predicted octanol–water partition coefficient (Wildman–Crippen LogP) is 1.78. The topological polar surface area (TPSA) is 75.4 Å². The molecule has 1 aliphatic carbocycles. The van der Waals surface area contributed by atoms with Crippen LogP contribution >= 0.6 is 0 Å². The van der Waals surface area contributed by atoms with Gasteiger partial charge in [0.2, 0.25) is 5.91 Å². The van der Waals surface area contributed by atoms with Crippen molar-refractivity contribution in [3.05, 3.63) is 47.9 Å². The van der Waals surface area contributed by atoms with Gasteiger partial charge in [-0.1, -0.05) is 0 Å². The number of carbonyl (C=O) groups excluding carboxylic acids is 1. The molecule has 1 amide bonds. The average Bonchev–Trinajstić information content (AvgIpc) is 3.47. The summed E-state index contributed by atoms with van der Waals surface area (Å²) < 4.78 is 0. The lowest BCUT2D eigenvalue weighted by Crippen LogP contribution is -2.46. The highest BCUT2D eigenvalue weighted by molar-refractivity contribution is 5.93. The van der Waals surface area contributed by atoms with E-state index in [1.807, 2.05) is 24.4 Å². The van der Waals surface area contributed by atoms with Crippen LogP contribution in [0.1, 0.15) is 34.9 Å². The normalized spacial score (nSPS) is 17.8. The molecule has 2 aliphatic rings. The van der Waals surface area contributed by atoms with Gasteiger partial charge in [0, 0.05) is 49.5 Å². The highest BCUT2D eigenvalue weighted by Gasteiger charge is 2.27. The lowest BCUT2D eigenvalue weighted by Gasteiger charge is -2.36. The molecule has 1 saturated heterocycles. The molecule has 4 rings (SSSR count). The third kappa shape index (κ3) is 3.04. The van der Waals surface area contributed by atoms with E-state index in [0.29, 0.717) is 11.5 Å². The molecule has 1 aromatic heterocycles. The molecule has 0 atom stereocenters. The van der Waals surface area contributed by atoms with Crippen LogP contribution in [0.5, 0.6) is 0 Å². The van der Waals surface area contributed by atoms with Crippen LogP contribution in [-0.2, 0) is 0 Å². The number of nitrogens with two attached hydrogens (primary N) is 1. The second kappa shape index (κ2) is 6.11. The van der Waals surface area contributed by atoms with Gasteiger partial charge in [-0.25, -0.2) is 9.97 Å². The van der Waals surface area contributed by atoms with Crippen molar-refractivity contribution < 1.29 is 4.79 Å². The first-order valence-electron chi connectivity index (χ1n) is 8.43. The highest BCUT2D eigenvalue weighted by atomic mass is 16.1. The fraction of sp³-hybridized carbons (Fsp3) is 0.389. The first-order chi connectivity index (χ1) is 11.7. The smallest absolute Gasteiger partial charge is 0.248 e. The van der Waals surface area contributed by atoms with Crippen molar-refractivity contribution in [1.29, 1.82) is 0 Å². The lowest BCUT2D eigenvalue weighted by molar-refractivity contribution is 0.100. The van der Waals surface area contributed by atoms with Gasteiger partial charge in [-0.2, -0.15) is 0 Å². The number of primary amides is 1. The number of carbonyl (C=O) groups is 1. The first kappa shape index (κ1) is 14.9. The summed E-state index contributed by atoms with van der Waals surface area (Å²) >= 11 is 0. The van der Waals surface area contributed by atoms with Crippen molar-refractivity contribution in [1.82, 2.24) is 9.97 Å². The molecule has 0 bridgehead atoms. The fourth-order valence-corrected chi connectivity index (χ4v) is 3.11. The first-order valence-corrected chi connectivity index (χ1v) is 8.43. The minimum Gasteiger partial charge on any atom is -0.368 e. The molecule has 2 N–H and O–H groups in total. The molecule has 1 aliphatic heterocycles. The van der Waals surface area contributed by atoms with Crippen LogP contribution in [0.25, 0.3) is 0 Å². The summed E-state index contributed by atoms with van der Waals surface area (Å²) in [4.78, 5) is 24.9. The third-order valence-corrected chi connectivity index (χ3v) is 4.72. The number of anilines is 2. The molecular weight excluding hydrogens is 302 g/mol. The molecule has 2 heterocycles. The third-order valence-electron chi connectivity index (χ3n) is 4.72. The maximum atomic E-state index is 11.2. The van der Waals surface area contributed by atoms with Crippen LogP contribution < -0.4 is 15.5 Å². The van der Waals surface area contributed by atoms with Crippen LogP contribution in [0.2, 0.25) is 0 Å². The Morgan fingerprint density at radius 3 is 2.29 bits per heavy atom. The minimum atomic E-state index is -0.387. The Hall–Kier alpha value is -2.63. The molecule has 0 spiro atoms. The van der Waals surface area contributed by atoms with E-state index in [-0.39, 0.29) is 5.91 Å². The van der Waals surface area contributed by atoms with Gasteiger partial charge in [-0.15, -0.1) is 0 Å². The molecule has 6 heteroatoms. The van der Waals surface area contributed by atoms with Crippen molar-refractivity contribution in [3.63, 3.8) is 0 Å². The number of hydrogen-bond donors (Lipinski definition) is 1. The standard InChI is InChI=1S/C18H21N5O/c19-17(24)13-3-5-15(6-4-13)22-9-11-23(12-10-22)16-7-8-20-18(21-16)14-1-2-14/h3-8,14H,1-2,9-12H2,(H2,19,24). The van der Waals surface area contributed by atoms with Gasteiger partial charge < -0.3 is 15.5 Å². The van der Waals surface area contributed by atoms with Crippen molar-refractivity contribution >= 4 is 17.4 Å². The SMILES string of the molecule is NC(=O)c1ccc(N2CCN(c3ccnc(C4CC4)n3)CC2)cc1. The summed E-state index contributed by atoms with van der Waals surface area (Å²) in [6.07, 6.45) is 4.32. The summed E-state index contributed by atoms with van der Waals surface area (Å²) in [6.45, 7) is 3.72. The van der Waals surface area contributed by atoms with E-state index >= 15 is 0 Å². The van der Waals surface area contributed by atoms with E-state index in [0.717, 1.165) is 43.5 Å². The molecular formula is C18H21N5O. The van der Waals surface area contributed by atoms with Gasteiger partial charge >= 0.3 is 0 Å². The van der Waals surface area contributed by atoms with E-state index in [9.17, 15) is 4.79 Å². The van der Waals surface area contributed by atoms with Gasteiger partial charge in [-0.3, -0.25) is 4.79 Å². The van der Waals surface area contributed by atoms with Gasteiger partial charge in [0.15, 0.2) is 0 Å². The number of rotatable bonds is 4. The van der Waals surface area contributed by atoms with Crippen molar-refractivity contribution in [3.8, 4) is 0 Å². The zero-order valence-corrected chi connectivity index (χ0v) is 13.6. The summed E-state index contributed by atoms with van der Waals surface area (Å²) in [5, 5.41) is 0. The van der Waals surface area contributed by atoms with E-state index in [4.69, 9.17) is 10.7 Å². The maximum absolute atomic E-state index is 11.2. The number of piperazine rings is 1. The van der Waals surface area contributed by atoms with Gasteiger partial charge in [0.25, 0.3) is 0 Å². The van der Waals surface area contributed by atoms with E-state index in [1.54, 1.807) is 12.1 Å². The number of amides is 1. The number of aromatic nitrogens is 2. The molecule has 6 nitrogen and oxygen atoms in total. The predicted molar refractivity (Wildman–Crippen MR) is 93.4 cm³/mol. The zero-order chi connectivity index (χ0) is 16.5. The van der Waals surface area contributed by atoms with E-state index in [2.05, 4.69) is 14.8 Å². The number of hydrogen-bond acceptors (Lipinski definition) is 5. The fourth-order valence-electron chi connectivity index (χ4n) is 3.11. The minimum absolute atomic E-state index is 0.387. The zero-order valence-electron chi connectivity index (χ0n) is 13.6. The van der Waals surface area contributed by atoms with Crippen molar-refractivity contribution in [2.24, 2.45) is 5.73 Å². The van der Waals surface area contributed by atoms with Crippen LogP contribution in [0.15, 0.2) is 36.5 Å². The molecule has 2 fully saturated rings. The Labute approximate surface area is 141 Å². The Kier molecular flexibility index (Phi) is 3.80. The van der Waals surface area contributed by atoms with Crippen LogP contribution in [0, 0.1) is 0 Å². The van der Waals surface area contributed by atoms with Crippen LogP contribution in [0.3, 0.4) is 0 Å². The molecule has 124 valence electrons. The summed E-state index contributed by atoms with van der Waals surface area (Å²) in [5.74, 6) is 2.23. The summed E-state index contributed by atoms with van der Waals surface area (Å²) in [5.41, 5.74) is 6.96. The largest absolute Gasteiger partial charge is 0.368 e. The monoisotopic (exact) mass is 323 g/mol. The molecule has 1 saturated carbocycles. The quantitative estimate of drug-likeness (QED) is 0.928. The Balaban J connectivity index is 1.41. The number of nitrogens with zero attached hydrogens (tertiary/aromatic N) is 4. The van der Waals surface area contributed by atoms with E-state index in [1.165, 1.54) is 12.8 Å². The van der Waals surface area contributed by atoms with Crippen molar-refractivity contribution in [2.45, 2.75) is 18.8 Å². The average molecular weight is 323 g/mol. The highest BCUT2D eigenvalue weighted by Crippen LogP contribution is 2.38. The molecule has 0 radical (unpaired) electrons. The lowest BCUT2D eigenvalue weighted by atomic mass is 10.1. The summed E-state index contributed by atoms with van der Waals surface area (Å²) in [6, 6.07) is 9.51.